The molecule has 4 heteroatoms. The number of hydrogen-bond acceptors (Lipinski definition) is 4. The van der Waals surface area contributed by atoms with E-state index in [-0.39, 0.29) is 41.3 Å². The molecule has 4 aliphatic rings. The third-order valence-electron chi connectivity index (χ3n) is 9.11. The van der Waals surface area contributed by atoms with Crippen molar-refractivity contribution >= 4 is 5.78 Å². The van der Waals surface area contributed by atoms with Crippen molar-refractivity contribution < 1.29 is 20.1 Å². The molecule has 0 bridgehead atoms. The Balaban J connectivity index is 1.65. The molecule has 0 heterocycles. The smallest absolute Gasteiger partial charge is 0.161 e. The lowest BCUT2D eigenvalue weighted by Crippen LogP contribution is -2.59. The van der Waals surface area contributed by atoms with Crippen LogP contribution in [0.15, 0.2) is 0 Å². The van der Waals surface area contributed by atoms with E-state index in [0.717, 1.165) is 44.9 Å². The molecule has 0 radical (unpaired) electrons. The average molecular weight is 350 g/mol. The van der Waals surface area contributed by atoms with Crippen molar-refractivity contribution in [2.75, 3.05) is 6.61 Å². The van der Waals surface area contributed by atoms with Gasteiger partial charge in [-0.25, -0.2) is 0 Å². The molecule has 4 unspecified atom stereocenters. The minimum absolute atomic E-state index is 0.0312. The van der Waals surface area contributed by atoms with Crippen molar-refractivity contribution in [1.82, 2.24) is 0 Å². The van der Waals surface area contributed by atoms with Crippen LogP contribution in [-0.4, -0.2) is 39.9 Å². The third-order valence-corrected chi connectivity index (χ3v) is 9.11. The van der Waals surface area contributed by atoms with Crippen LogP contribution in [0, 0.1) is 40.4 Å². The molecule has 25 heavy (non-hydrogen) atoms. The Bertz CT molecular complexity index is 548. The summed E-state index contributed by atoms with van der Waals surface area (Å²) in [6.07, 6.45) is 7.12. The average Bonchev–Trinajstić information content (AvgIpc) is 2.91. The van der Waals surface area contributed by atoms with E-state index < -0.39 is 0 Å². The molecule has 9 atom stereocenters. The molecule has 4 nitrogen and oxygen atoms in total. The maximum absolute atomic E-state index is 12.3. The summed E-state index contributed by atoms with van der Waals surface area (Å²) in [5.41, 5.74) is -0.0280. The maximum Gasteiger partial charge on any atom is 0.161 e. The van der Waals surface area contributed by atoms with Gasteiger partial charge in [0.25, 0.3) is 0 Å². The number of carbonyl (C=O) groups is 1. The topological polar surface area (TPSA) is 77.8 Å². The molecule has 0 aliphatic heterocycles. The van der Waals surface area contributed by atoms with Crippen LogP contribution in [0.4, 0.5) is 0 Å². The standard InChI is InChI=1S/C21H34O4/c1-20-8-7-13(23)9-12(20)3-4-14-15-5-6-16(18(25)11-22)21(15,2)10-17(24)19(14)20/h12-17,19,22-24H,3-11H2,1-2H3/t12?,13?,14-,15?,16+,17-,19?,20-,21-/m0/s1. The monoisotopic (exact) mass is 350 g/mol. The number of rotatable bonds is 2. The first-order valence-corrected chi connectivity index (χ1v) is 10.3. The summed E-state index contributed by atoms with van der Waals surface area (Å²) >= 11 is 0. The van der Waals surface area contributed by atoms with Gasteiger partial charge in [0, 0.05) is 5.92 Å². The summed E-state index contributed by atoms with van der Waals surface area (Å²) in [5.74, 6) is 1.69. The molecule has 0 aromatic rings. The predicted octanol–water partition coefficient (Wildman–Crippen LogP) is 2.54. The molecule has 0 aromatic carbocycles. The van der Waals surface area contributed by atoms with Gasteiger partial charge < -0.3 is 15.3 Å². The van der Waals surface area contributed by atoms with Crippen molar-refractivity contribution in [3.05, 3.63) is 0 Å². The lowest BCUT2D eigenvalue weighted by atomic mass is 9.44. The Kier molecular flexibility index (Phi) is 4.33. The third kappa shape index (κ3) is 2.47. The zero-order valence-electron chi connectivity index (χ0n) is 15.7. The first-order chi connectivity index (χ1) is 11.8. The lowest BCUT2D eigenvalue weighted by molar-refractivity contribution is -0.179. The second kappa shape index (κ2) is 6.03. The van der Waals surface area contributed by atoms with Crippen molar-refractivity contribution in [3.8, 4) is 0 Å². The Labute approximate surface area is 151 Å². The van der Waals surface area contributed by atoms with E-state index in [1.165, 1.54) is 0 Å². The van der Waals surface area contributed by atoms with Gasteiger partial charge in [0.2, 0.25) is 0 Å². The van der Waals surface area contributed by atoms with E-state index in [2.05, 4.69) is 13.8 Å². The van der Waals surface area contributed by atoms with Gasteiger partial charge in [-0.15, -0.1) is 0 Å². The van der Waals surface area contributed by atoms with E-state index in [0.29, 0.717) is 30.1 Å². The fourth-order valence-electron chi connectivity index (χ4n) is 8.00. The highest BCUT2D eigenvalue weighted by atomic mass is 16.3. The number of carbonyl (C=O) groups excluding carboxylic acids is 1. The molecule has 142 valence electrons. The number of Topliss-reactive ketones (excluding diaryl/α,β-unsaturated/α-hetero) is 1. The Morgan fingerprint density at radius 1 is 1.04 bits per heavy atom. The molecule has 4 rings (SSSR count). The molecule has 4 aliphatic carbocycles. The molecule has 0 amide bonds. The van der Waals surface area contributed by atoms with E-state index in [1.807, 2.05) is 0 Å². The van der Waals surface area contributed by atoms with Crippen LogP contribution < -0.4 is 0 Å². The van der Waals surface area contributed by atoms with Gasteiger partial charge in [-0.2, -0.15) is 0 Å². The van der Waals surface area contributed by atoms with Gasteiger partial charge in [0.1, 0.15) is 6.61 Å². The minimum atomic E-state index is -0.366. The number of ketones is 1. The van der Waals surface area contributed by atoms with Crippen LogP contribution in [-0.2, 0) is 4.79 Å². The second-order valence-corrected chi connectivity index (χ2v) is 10.0. The van der Waals surface area contributed by atoms with Gasteiger partial charge in [-0.3, -0.25) is 4.79 Å². The summed E-state index contributed by atoms with van der Waals surface area (Å²) in [4.78, 5) is 12.3. The van der Waals surface area contributed by atoms with E-state index >= 15 is 0 Å². The van der Waals surface area contributed by atoms with Crippen LogP contribution in [0.25, 0.3) is 0 Å². The summed E-state index contributed by atoms with van der Waals surface area (Å²) in [6.45, 7) is 4.19. The summed E-state index contributed by atoms with van der Waals surface area (Å²) in [6, 6.07) is 0. The van der Waals surface area contributed by atoms with Gasteiger partial charge >= 0.3 is 0 Å². The first kappa shape index (κ1) is 17.9. The van der Waals surface area contributed by atoms with Crippen LogP contribution >= 0.6 is 0 Å². The van der Waals surface area contributed by atoms with Gasteiger partial charge in [0.05, 0.1) is 12.2 Å². The molecule has 0 saturated heterocycles. The van der Waals surface area contributed by atoms with Crippen molar-refractivity contribution in [3.63, 3.8) is 0 Å². The SMILES string of the molecule is C[C@]12CCC(O)CC1CC[C@@H]1C2[C@@H](O)C[C@@]2(C)C1CC[C@@H]2C(=O)CO. The van der Waals surface area contributed by atoms with Crippen LogP contribution in [0.5, 0.6) is 0 Å². The fourth-order valence-corrected chi connectivity index (χ4v) is 8.00. The van der Waals surface area contributed by atoms with Crippen molar-refractivity contribution in [2.45, 2.75) is 77.4 Å². The Hall–Kier alpha value is -0.450. The highest BCUT2D eigenvalue weighted by Crippen LogP contribution is 2.67. The van der Waals surface area contributed by atoms with E-state index in [9.17, 15) is 20.1 Å². The van der Waals surface area contributed by atoms with Crippen LogP contribution in [0.2, 0.25) is 0 Å². The summed E-state index contributed by atoms with van der Waals surface area (Å²) < 4.78 is 0. The maximum atomic E-state index is 12.3. The largest absolute Gasteiger partial charge is 0.393 e. The number of fused-ring (bicyclic) bond motifs is 5. The predicted molar refractivity (Wildman–Crippen MR) is 94.7 cm³/mol. The first-order valence-electron chi connectivity index (χ1n) is 10.3. The van der Waals surface area contributed by atoms with E-state index in [1.54, 1.807) is 0 Å². The second-order valence-electron chi connectivity index (χ2n) is 10.0. The molecule has 3 N–H and O–H groups in total. The molecular weight excluding hydrogens is 316 g/mol. The summed E-state index contributed by atoms with van der Waals surface area (Å²) in [7, 11) is 0. The zero-order valence-corrected chi connectivity index (χ0v) is 15.7. The Morgan fingerprint density at radius 2 is 1.80 bits per heavy atom. The van der Waals surface area contributed by atoms with Gasteiger partial charge in [0.15, 0.2) is 5.78 Å². The van der Waals surface area contributed by atoms with Crippen LogP contribution in [0.3, 0.4) is 0 Å². The number of hydrogen-bond donors (Lipinski definition) is 3. The highest BCUT2D eigenvalue weighted by molar-refractivity contribution is 5.83. The number of aliphatic hydroxyl groups is 3. The Morgan fingerprint density at radius 3 is 2.52 bits per heavy atom. The fraction of sp³-hybridized carbons (Fsp3) is 0.952. The van der Waals surface area contributed by atoms with Gasteiger partial charge in [-0.05, 0) is 85.9 Å². The van der Waals surface area contributed by atoms with Crippen molar-refractivity contribution in [1.29, 1.82) is 0 Å². The quantitative estimate of drug-likeness (QED) is 0.715. The van der Waals surface area contributed by atoms with E-state index in [4.69, 9.17) is 0 Å². The lowest BCUT2D eigenvalue weighted by Gasteiger charge is -2.62. The molecule has 0 spiro atoms. The highest BCUT2D eigenvalue weighted by Gasteiger charge is 2.63. The van der Waals surface area contributed by atoms with Gasteiger partial charge in [-0.1, -0.05) is 13.8 Å². The zero-order chi connectivity index (χ0) is 18.0. The van der Waals surface area contributed by atoms with Crippen molar-refractivity contribution in [2.24, 2.45) is 40.4 Å². The molecule has 0 aromatic heterocycles. The van der Waals surface area contributed by atoms with Crippen LogP contribution in [0.1, 0.15) is 65.2 Å². The summed E-state index contributed by atoms with van der Waals surface area (Å²) in [5, 5.41) is 30.7. The number of aliphatic hydroxyl groups excluding tert-OH is 3. The normalized spacial score (nSPS) is 55.2. The molecule has 4 fully saturated rings. The minimum Gasteiger partial charge on any atom is -0.393 e. The molecular formula is C21H34O4. The molecule has 4 saturated carbocycles.